The lowest BCUT2D eigenvalue weighted by Gasteiger charge is -2.50. The molecule has 1 nitrogen and oxygen atoms in total. The van der Waals surface area contributed by atoms with Crippen LogP contribution in [0.2, 0.25) is 0 Å². The number of halogens is 1. The standard InChI is InChI=1S/C14H20BrN/c1-3-14(4-2)10-16(11-14)9-12-5-7-13(15)8-6-12/h5-8H,3-4,9-11H2,1-2H3. The van der Waals surface area contributed by atoms with Crippen LogP contribution in [0.4, 0.5) is 0 Å². The summed E-state index contributed by atoms with van der Waals surface area (Å²) in [5, 5.41) is 0. The molecule has 2 heteroatoms. The third-order valence-corrected chi connectivity index (χ3v) is 4.47. The maximum absolute atomic E-state index is 3.47. The van der Waals surface area contributed by atoms with Gasteiger partial charge in [-0.3, -0.25) is 4.90 Å². The first-order valence-corrected chi connectivity index (χ1v) is 6.93. The monoisotopic (exact) mass is 281 g/mol. The smallest absolute Gasteiger partial charge is 0.0234 e. The number of hydrogen-bond acceptors (Lipinski definition) is 1. The summed E-state index contributed by atoms with van der Waals surface area (Å²) in [5.74, 6) is 0. The summed E-state index contributed by atoms with van der Waals surface area (Å²) in [6, 6.07) is 8.67. The molecule has 0 amide bonds. The number of rotatable bonds is 4. The Balaban J connectivity index is 1.87. The molecule has 1 aliphatic heterocycles. The molecule has 1 aliphatic rings. The molecule has 0 spiro atoms. The number of benzene rings is 1. The fourth-order valence-corrected chi connectivity index (χ4v) is 2.82. The van der Waals surface area contributed by atoms with Crippen molar-refractivity contribution in [2.75, 3.05) is 13.1 Å². The Morgan fingerprint density at radius 1 is 1.12 bits per heavy atom. The molecule has 0 aromatic heterocycles. The quantitative estimate of drug-likeness (QED) is 0.804. The summed E-state index contributed by atoms with van der Waals surface area (Å²) in [5.41, 5.74) is 2.04. The van der Waals surface area contributed by atoms with E-state index in [1.165, 1.54) is 31.5 Å². The van der Waals surface area contributed by atoms with E-state index in [1.807, 2.05) is 0 Å². The van der Waals surface area contributed by atoms with Gasteiger partial charge in [0.2, 0.25) is 0 Å². The van der Waals surface area contributed by atoms with E-state index in [4.69, 9.17) is 0 Å². The topological polar surface area (TPSA) is 3.24 Å². The molecule has 0 atom stereocenters. The van der Waals surface area contributed by atoms with Crippen LogP contribution in [0.25, 0.3) is 0 Å². The Labute approximate surface area is 107 Å². The van der Waals surface area contributed by atoms with Crippen molar-refractivity contribution in [1.82, 2.24) is 4.90 Å². The molecule has 1 fully saturated rings. The van der Waals surface area contributed by atoms with Gasteiger partial charge in [-0.15, -0.1) is 0 Å². The highest BCUT2D eigenvalue weighted by molar-refractivity contribution is 9.10. The van der Waals surface area contributed by atoms with E-state index in [0.717, 1.165) is 11.0 Å². The highest BCUT2D eigenvalue weighted by Gasteiger charge is 2.39. The van der Waals surface area contributed by atoms with Crippen LogP contribution in [0.1, 0.15) is 32.3 Å². The second kappa shape index (κ2) is 4.89. The Bertz CT molecular complexity index is 332. The third-order valence-electron chi connectivity index (χ3n) is 3.94. The van der Waals surface area contributed by atoms with Gasteiger partial charge in [0.25, 0.3) is 0 Å². The van der Waals surface area contributed by atoms with Gasteiger partial charge in [-0.1, -0.05) is 41.9 Å². The van der Waals surface area contributed by atoms with Crippen LogP contribution in [0.5, 0.6) is 0 Å². The molecule has 1 heterocycles. The van der Waals surface area contributed by atoms with E-state index < -0.39 is 0 Å². The highest BCUT2D eigenvalue weighted by Crippen LogP contribution is 2.37. The van der Waals surface area contributed by atoms with Crippen molar-refractivity contribution in [3.63, 3.8) is 0 Å². The predicted molar refractivity (Wildman–Crippen MR) is 72.4 cm³/mol. The van der Waals surface area contributed by atoms with Crippen LogP contribution in [0, 0.1) is 5.41 Å². The predicted octanol–water partition coefficient (Wildman–Crippen LogP) is 4.07. The fraction of sp³-hybridized carbons (Fsp3) is 0.571. The van der Waals surface area contributed by atoms with Crippen LogP contribution >= 0.6 is 15.9 Å². The van der Waals surface area contributed by atoms with Crippen LogP contribution in [0.15, 0.2) is 28.7 Å². The summed E-state index contributed by atoms with van der Waals surface area (Å²) in [4.78, 5) is 2.55. The van der Waals surface area contributed by atoms with E-state index in [1.54, 1.807) is 0 Å². The lowest BCUT2D eigenvalue weighted by Crippen LogP contribution is -2.54. The van der Waals surface area contributed by atoms with Gasteiger partial charge in [-0.25, -0.2) is 0 Å². The first-order valence-electron chi connectivity index (χ1n) is 6.14. The van der Waals surface area contributed by atoms with Gasteiger partial charge in [0.15, 0.2) is 0 Å². The fourth-order valence-electron chi connectivity index (χ4n) is 2.56. The molecular weight excluding hydrogens is 262 g/mol. The average molecular weight is 282 g/mol. The van der Waals surface area contributed by atoms with Crippen molar-refractivity contribution in [3.8, 4) is 0 Å². The molecule has 2 rings (SSSR count). The minimum atomic E-state index is 0.620. The van der Waals surface area contributed by atoms with Crippen LogP contribution in [0.3, 0.4) is 0 Å². The molecule has 1 saturated heterocycles. The maximum atomic E-state index is 3.47. The van der Waals surface area contributed by atoms with Crippen molar-refractivity contribution in [2.24, 2.45) is 5.41 Å². The number of likely N-dealkylation sites (tertiary alicyclic amines) is 1. The van der Waals surface area contributed by atoms with Gasteiger partial charge in [0.05, 0.1) is 0 Å². The summed E-state index contributed by atoms with van der Waals surface area (Å²) in [7, 11) is 0. The molecule has 0 N–H and O–H groups in total. The Morgan fingerprint density at radius 3 is 2.19 bits per heavy atom. The molecule has 0 radical (unpaired) electrons. The molecule has 0 aliphatic carbocycles. The van der Waals surface area contributed by atoms with E-state index in [2.05, 4.69) is 58.9 Å². The summed E-state index contributed by atoms with van der Waals surface area (Å²) in [6.45, 7) is 8.29. The molecule has 16 heavy (non-hydrogen) atoms. The van der Waals surface area contributed by atoms with Crippen LogP contribution in [-0.2, 0) is 6.54 Å². The zero-order valence-electron chi connectivity index (χ0n) is 10.2. The van der Waals surface area contributed by atoms with E-state index >= 15 is 0 Å². The summed E-state index contributed by atoms with van der Waals surface area (Å²) in [6.07, 6.45) is 2.64. The van der Waals surface area contributed by atoms with Crippen molar-refractivity contribution in [1.29, 1.82) is 0 Å². The van der Waals surface area contributed by atoms with E-state index in [-0.39, 0.29) is 0 Å². The Morgan fingerprint density at radius 2 is 1.69 bits per heavy atom. The van der Waals surface area contributed by atoms with Gasteiger partial charge in [0.1, 0.15) is 0 Å². The van der Waals surface area contributed by atoms with Gasteiger partial charge in [0, 0.05) is 24.1 Å². The van der Waals surface area contributed by atoms with Gasteiger partial charge < -0.3 is 0 Å². The highest BCUT2D eigenvalue weighted by atomic mass is 79.9. The minimum absolute atomic E-state index is 0.620. The second-order valence-electron chi connectivity index (χ2n) is 4.98. The lowest BCUT2D eigenvalue weighted by atomic mass is 9.75. The lowest BCUT2D eigenvalue weighted by molar-refractivity contribution is -0.0120. The molecule has 0 unspecified atom stereocenters. The van der Waals surface area contributed by atoms with E-state index in [9.17, 15) is 0 Å². The average Bonchev–Trinajstić information content (AvgIpc) is 2.26. The van der Waals surface area contributed by atoms with Crippen molar-refractivity contribution in [3.05, 3.63) is 34.3 Å². The third kappa shape index (κ3) is 2.49. The molecule has 0 bridgehead atoms. The SMILES string of the molecule is CCC1(CC)CN(Cc2ccc(Br)cc2)C1. The largest absolute Gasteiger partial charge is 0.298 e. The Hall–Kier alpha value is -0.340. The maximum Gasteiger partial charge on any atom is 0.0234 e. The molecule has 1 aromatic carbocycles. The van der Waals surface area contributed by atoms with Crippen molar-refractivity contribution in [2.45, 2.75) is 33.2 Å². The van der Waals surface area contributed by atoms with Gasteiger partial charge >= 0.3 is 0 Å². The zero-order valence-corrected chi connectivity index (χ0v) is 11.8. The van der Waals surface area contributed by atoms with Crippen molar-refractivity contribution < 1.29 is 0 Å². The summed E-state index contributed by atoms with van der Waals surface area (Å²) >= 11 is 3.47. The molecule has 88 valence electrons. The van der Waals surface area contributed by atoms with Gasteiger partial charge in [-0.05, 0) is 36.0 Å². The van der Waals surface area contributed by atoms with Crippen LogP contribution in [-0.4, -0.2) is 18.0 Å². The van der Waals surface area contributed by atoms with Crippen LogP contribution < -0.4 is 0 Å². The summed E-state index contributed by atoms with van der Waals surface area (Å²) < 4.78 is 1.16. The molecular formula is C14H20BrN. The zero-order chi connectivity index (χ0) is 11.6. The normalized spacial score (nSPS) is 19.4. The first kappa shape index (κ1) is 12.1. The molecule has 0 saturated carbocycles. The first-order chi connectivity index (χ1) is 7.67. The molecule has 1 aromatic rings. The van der Waals surface area contributed by atoms with Gasteiger partial charge in [-0.2, -0.15) is 0 Å². The minimum Gasteiger partial charge on any atom is -0.298 e. The van der Waals surface area contributed by atoms with Crippen molar-refractivity contribution >= 4 is 15.9 Å². The van der Waals surface area contributed by atoms with E-state index in [0.29, 0.717) is 5.41 Å². The number of hydrogen-bond donors (Lipinski definition) is 0. The second-order valence-corrected chi connectivity index (χ2v) is 5.89. The number of nitrogens with zero attached hydrogens (tertiary/aromatic N) is 1. The Kier molecular flexibility index (Phi) is 3.70.